The molecule has 0 aliphatic carbocycles. The maximum absolute atomic E-state index is 5.26. The second kappa shape index (κ2) is 6.05. The van der Waals surface area contributed by atoms with Gasteiger partial charge >= 0.3 is 0 Å². The molecule has 1 rings (SSSR count). The van der Waals surface area contributed by atoms with E-state index in [9.17, 15) is 0 Å². The number of nitrogens with one attached hydrogen (secondary N) is 1. The summed E-state index contributed by atoms with van der Waals surface area (Å²) in [5, 5.41) is 3.21. The molecule has 1 unspecified atom stereocenters. The van der Waals surface area contributed by atoms with Crippen molar-refractivity contribution in [2.45, 2.75) is 18.9 Å². The SMILES string of the molecule is C#CCCC(NC)c1cccnc1OC. The second-order valence-corrected chi connectivity index (χ2v) is 3.19. The Balaban J connectivity index is 2.86. The second-order valence-electron chi connectivity index (χ2n) is 3.19. The zero-order valence-electron chi connectivity index (χ0n) is 9.16. The third-order valence-electron chi connectivity index (χ3n) is 2.30. The van der Waals surface area contributed by atoms with Gasteiger partial charge in [0.15, 0.2) is 0 Å². The summed E-state index contributed by atoms with van der Waals surface area (Å²) >= 11 is 0. The van der Waals surface area contributed by atoms with Crippen LogP contribution in [-0.2, 0) is 0 Å². The van der Waals surface area contributed by atoms with E-state index in [4.69, 9.17) is 11.2 Å². The molecule has 0 aliphatic rings. The van der Waals surface area contributed by atoms with Gasteiger partial charge in [0.25, 0.3) is 0 Å². The maximum Gasteiger partial charge on any atom is 0.217 e. The molecule has 0 saturated heterocycles. The fourth-order valence-electron chi connectivity index (χ4n) is 1.52. The zero-order chi connectivity index (χ0) is 11.1. The van der Waals surface area contributed by atoms with Crippen LogP contribution < -0.4 is 10.1 Å². The van der Waals surface area contributed by atoms with Crippen molar-refractivity contribution >= 4 is 0 Å². The van der Waals surface area contributed by atoms with Crippen LogP contribution in [0.5, 0.6) is 5.88 Å². The first-order valence-corrected chi connectivity index (χ1v) is 4.93. The van der Waals surface area contributed by atoms with Crippen molar-refractivity contribution in [3.05, 3.63) is 23.9 Å². The third-order valence-corrected chi connectivity index (χ3v) is 2.30. The molecule has 0 radical (unpaired) electrons. The van der Waals surface area contributed by atoms with E-state index in [2.05, 4.69) is 16.2 Å². The van der Waals surface area contributed by atoms with Gasteiger partial charge < -0.3 is 10.1 Å². The number of aromatic nitrogens is 1. The fourth-order valence-corrected chi connectivity index (χ4v) is 1.52. The molecule has 1 aromatic rings. The Hall–Kier alpha value is -1.53. The third kappa shape index (κ3) is 2.97. The molecule has 3 heteroatoms. The number of nitrogens with zero attached hydrogens (tertiary/aromatic N) is 1. The van der Waals surface area contributed by atoms with Gasteiger partial charge in [-0.3, -0.25) is 0 Å². The number of pyridine rings is 1. The van der Waals surface area contributed by atoms with Gasteiger partial charge in [0.2, 0.25) is 5.88 Å². The van der Waals surface area contributed by atoms with E-state index >= 15 is 0 Å². The van der Waals surface area contributed by atoms with Crippen molar-refractivity contribution < 1.29 is 4.74 Å². The molecule has 80 valence electrons. The summed E-state index contributed by atoms with van der Waals surface area (Å²) in [7, 11) is 3.54. The van der Waals surface area contributed by atoms with E-state index in [1.54, 1.807) is 13.3 Å². The van der Waals surface area contributed by atoms with E-state index < -0.39 is 0 Å². The molecule has 1 heterocycles. The highest BCUT2D eigenvalue weighted by Gasteiger charge is 2.13. The largest absolute Gasteiger partial charge is 0.481 e. The Morgan fingerprint density at radius 2 is 2.47 bits per heavy atom. The summed E-state index contributed by atoms with van der Waals surface area (Å²) in [4.78, 5) is 4.16. The number of hydrogen-bond acceptors (Lipinski definition) is 3. The molecular formula is C12H16N2O. The van der Waals surface area contributed by atoms with Crippen LogP contribution in [0.25, 0.3) is 0 Å². The summed E-state index contributed by atoms with van der Waals surface area (Å²) in [5.41, 5.74) is 1.05. The molecule has 0 aromatic carbocycles. The first-order valence-electron chi connectivity index (χ1n) is 4.93. The van der Waals surface area contributed by atoms with Crippen molar-refractivity contribution in [3.8, 4) is 18.2 Å². The van der Waals surface area contributed by atoms with Gasteiger partial charge in [0, 0.05) is 24.2 Å². The zero-order valence-corrected chi connectivity index (χ0v) is 9.16. The first kappa shape index (κ1) is 11.5. The Kier molecular flexibility index (Phi) is 4.65. The molecule has 1 atom stereocenters. The molecule has 0 spiro atoms. The van der Waals surface area contributed by atoms with Crippen LogP contribution >= 0.6 is 0 Å². The van der Waals surface area contributed by atoms with Crippen LogP contribution in [0.15, 0.2) is 18.3 Å². The average Bonchev–Trinajstić information content (AvgIpc) is 2.30. The molecule has 0 fully saturated rings. The van der Waals surface area contributed by atoms with Gasteiger partial charge in [-0.25, -0.2) is 4.98 Å². The molecular weight excluding hydrogens is 188 g/mol. The highest BCUT2D eigenvalue weighted by Crippen LogP contribution is 2.25. The van der Waals surface area contributed by atoms with Crippen LogP contribution in [0.3, 0.4) is 0 Å². The Morgan fingerprint density at radius 3 is 3.07 bits per heavy atom. The average molecular weight is 204 g/mol. The van der Waals surface area contributed by atoms with Crippen LogP contribution in [0.2, 0.25) is 0 Å². The minimum Gasteiger partial charge on any atom is -0.481 e. The van der Waals surface area contributed by atoms with Crippen molar-refractivity contribution in [2.75, 3.05) is 14.2 Å². The topological polar surface area (TPSA) is 34.2 Å². The molecule has 0 aliphatic heterocycles. The molecule has 1 aromatic heterocycles. The summed E-state index contributed by atoms with van der Waals surface area (Å²) in [6, 6.07) is 4.10. The van der Waals surface area contributed by atoms with Gasteiger partial charge in [0.05, 0.1) is 7.11 Å². The molecule has 0 saturated carbocycles. The predicted octanol–water partition coefficient (Wildman–Crippen LogP) is 1.76. The van der Waals surface area contributed by atoms with Gasteiger partial charge in [0.1, 0.15) is 0 Å². The highest BCUT2D eigenvalue weighted by atomic mass is 16.5. The number of hydrogen-bond donors (Lipinski definition) is 1. The fraction of sp³-hybridized carbons (Fsp3) is 0.417. The normalized spacial score (nSPS) is 11.8. The van der Waals surface area contributed by atoms with Gasteiger partial charge in [-0.1, -0.05) is 6.07 Å². The first-order chi connectivity index (χ1) is 7.33. The predicted molar refractivity (Wildman–Crippen MR) is 60.7 cm³/mol. The standard InChI is InChI=1S/C12H16N2O/c1-4-5-8-11(13-2)10-7-6-9-14-12(10)15-3/h1,6-7,9,11,13H,5,8H2,2-3H3. The number of terminal acetylenes is 1. The smallest absolute Gasteiger partial charge is 0.217 e. The minimum absolute atomic E-state index is 0.199. The van der Waals surface area contributed by atoms with Crippen LogP contribution in [-0.4, -0.2) is 19.1 Å². The Bertz CT molecular complexity index is 344. The lowest BCUT2D eigenvalue weighted by atomic mass is 10.0. The molecule has 0 amide bonds. The van der Waals surface area contributed by atoms with E-state index in [1.807, 2.05) is 19.2 Å². The highest BCUT2D eigenvalue weighted by molar-refractivity contribution is 5.28. The van der Waals surface area contributed by atoms with Gasteiger partial charge in [-0.2, -0.15) is 0 Å². The number of methoxy groups -OCH3 is 1. The van der Waals surface area contributed by atoms with Crippen molar-refractivity contribution in [2.24, 2.45) is 0 Å². The molecule has 0 bridgehead atoms. The lowest BCUT2D eigenvalue weighted by Gasteiger charge is -2.17. The van der Waals surface area contributed by atoms with Crippen LogP contribution in [0.4, 0.5) is 0 Å². The number of rotatable bonds is 5. The van der Waals surface area contributed by atoms with E-state index in [1.165, 1.54) is 0 Å². The van der Waals surface area contributed by atoms with E-state index in [0.717, 1.165) is 18.4 Å². The van der Waals surface area contributed by atoms with E-state index in [0.29, 0.717) is 5.88 Å². The van der Waals surface area contributed by atoms with Crippen molar-refractivity contribution in [1.82, 2.24) is 10.3 Å². The summed E-state index contributed by atoms with van der Waals surface area (Å²) in [6.45, 7) is 0. The molecule has 15 heavy (non-hydrogen) atoms. The lowest BCUT2D eigenvalue weighted by molar-refractivity contribution is 0.382. The van der Waals surface area contributed by atoms with Crippen LogP contribution in [0, 0.1) is 12.3 Å². The van der Waals surface area contributed by atoms with E-state index in [-0.39, 0.29) is 6.04 Å². The lowest BCUT2D eigenvalue weighted by Crippen LogP contribution is -2.17. The monoisotopic (exact) mass is 204 g/mol. The van der Waals surface area contributed by atoms with Crippen LogP contribution in [0.1, 0.15) is 24.4 Å². The summed E-state index contributed by atoms with van der Waals surface area (Å²) in [5.74, 6) is 3.30. The number of ether oxygens (including phenoxy) is 1. The maximum atomic E-state index is 5.26. The van der Waals surface area contributed by atoms with Gasteiger partial charge in [-0.05, 0) is 19.5 Å². The minimum atomic E-state index is 0.199. The Labute approximate surface area is 90.9 Å². The van der Waals surface area contributed by atoms with Gasteiger partial charge in [-0.15, -0.1) is 12.3 Å². The molecule has 1 N–H and O–H groups in total. The summed E-state index contributed by atoms with van der Waals surface area (Å²) in [6.07, 6.45) is 8.60. The van der Waals surface area contributed by atoms with Crippen molar-refractivity contribution in [1.29, 1.82) is 0 Å². The summed E-state index contributed by atoms with van der Waals surface area (Å²) < 4.78 is 5.21. The van der Waals surface area contributed by atoms with Crippen molar-refractivity contribution in [3.63, 3.8) is 0 Å². The molecule has 3 nitrogen and oxygen atoms in total. The Morgan fingerprint density at radius 1 is 1.67 bits per heavy atom. The quantitative estimate of drug-likeness (QED) is 0.742.